The van der Waals surface area contributed by atoms with Gasteiger partial charge in [-0.05, 0) is 136 Å². The summed E-state index contributed by atoms with van der Waals surface area (Å²) in [6, 6.07) is 31.9. The Kier molecular flexibility index (Phi) is 10.7. The van der Waals surface area contributed by atoms with E-state index in [4.69, 9.17) is 0 Å². The van der Waals surface area contributed by atoms with Crippen molar-refractivity contribution in [1.82, 2.24) is 0 Å². The van der Waals surface area contributed by atoms with Crippen LogP contribution in [0.25, 0.3) is 55.3 Å². The summed E-state index contributed by atoms with van der Waals surface area (Å²) >= 11 is 6.76. The molecule has 6 aromatic rings. The fraction of sp³-hybridized carbons (Fsp3) is 0.220. The van der Waals surface area contributed by atoms with Crippen LogP contribution in [0.2, 0.25) is 0 Å². The largest absolute Gasteiger partial charge is 0.308 e. The van der Waals surface area contributed by atoms with E-state index in [0.717, 1.165) is 80.2 Å². The Morgan fingerprint density at radius 1 is 0.810 bits per heavy atom. The number of fused-ring (bicyclic) bond motifs is 2. The van der Waals surface area contributed by atoms with Crippen molar-refractivity contribution in [2.75, 3.05) is 11.4 Å². The number of carbonyl (C=O) groups is 2. The van der Waals surface area contributed by atoms with E-state index in [9.17, 15) is 14.9 Å². The predicted octanol–water partition coefficient (Wildman–Crippen LogP) is 14.0. The van der Waals surface area contributed by atoms with Crippen molar-refractivity contribution in [2.24, 2.45) is 11.8 Å². The van der Waals surface area contributed by atoms with Crippen LogP contribution in [-0.4, -0.2) is 18.2 Å². The highest BCUT2D eigenvalue weighted by Gasteiger charge is 2.41. The van der Waals surface area contributed by atoms with E-state index >= 15 is 0 Å². The number of ketones is 1. The lowest BCUT2D eigenvalue weighted by Crippen LogP contribution is -2.28. The van der Waals surface area contributed by atoms with Crippen LogP contribution >= 0.6 is 45.3 Å². The van der Waals surface area contributed by atoms with Crippen LogP contribution in [0.3, 0.4) is 0 Å². The summed E-state index contributed by atoms with van der Waals surface area (Å²) in [5, 5.41) is 14.0. The van der Waals surface area contributed by atoms with E-state index in [0.29, 0.717) is 23.3 Å². The molecule has 5 heterocycles. The van der Waals surface area contributed by atoms with Crippen LogP contribution < -0.4 is 4.90 Å². The van der Waals surface area contributed by atoms with Gasteiger partial charge in [-0.3, -0.25) is 9.59 Å². The molecule has 0 N–H and O–H groups in total. The number of nitriles is 1. The summed E-state index contributed by atoms with van der Waals surface area (Å²) in [6.07, 6.45) is 11.1. The van der Waals surface area contributed by atoms with Crippen molar-refractivity contribution in [3.8, 4) is 27.0 Å². The molecule has 288 valence electrons. The van der Waals surface area contributed by atoms with Gasteiger partial charge in [-0.2, -0.15) is 5.26 Å². The van der Waals surface area contributed by atoms with Gasteiger partial charge in [-0.1, -0.05) is 69.7 Å². The molecule has 2 aliphatic carbocycles. The second-order valence-corrected chi connectivity index (χ2v) is 19.4. The molecule has 0 spiro atoms. The standard InChI is InChI=1S/C50H42N2O2S4/c1-4-8-32-24-35-25-33(44-20-16-38(58-44)28-41(31-11-12-31)46-10-7-23-56-46)13-17-39(35)47(49(53)30(32)3)48-40-18-14-34(27-42(40)52(21-5-2)50(48)54)45-19-15-37(57-45)26-36(29-51)43-9-6-22-55-43/h6-7,9-11,13-20,22-23,25-28,30,32H,4-5,8,12,21,24H2,1-3H3. The summed E-state index contributed by atoms with van der Waals surface area (Å²) in [7, 11) is 0. The lowest BCUT2D eigenvalue weighted by atomic mass is 9.82. The molecule has 0 fully saturated rings. The minimum atomic E-state index is -0.218. The number of anilines is 1. The second kappa shape index (κ2) is 16.2. The Labute approximate surface area is 356 Å². The fourth-order valence-corrected chi connectivity index (χ4v) is 11.8. The number of rotatable bonds is 11. The predicted molar refractivity (Wildman–Crippen MR) is 248 cm³/mol. The molecule has 58 heavy (non-hydrogen) atoms. The molecule has 2 unspecified atom stereocenters. The molecular weight excluding hydrogens is 789 g/mol. The highest BCUT2D eigenvalue weighted by Crippen LogP contribution is 2.48. The van der Waals surface area contributed by atoms with Crippen LogP contribution in [0, 0.1) is 23.2 Å². The molecule has 0 saturated heterocycles. The molecule has 8 heteroatoms. The van der Waals surface area contributed by atoms with E-state index in [1.165, 1.54) is 25.8 Å². The third-order valence-electron chi connectivity index (χ3n) is 11.4. The van der Waals surface area contributed by atoms with Crippen molar-refractivity contribution in [1.29, 1.82) is 5.26 Å². The number of hydrogen-bond acceptors (Lipinski definition) is 7. The molecule has 2 aromatic carbocycles. The minimum absolute atomic E-state index is 0.0643. The normalized spacial score (nSPS) is 19.2. The number of thiophene rings is 4. The molecule has 9 rings (SSSR count). The third-order valence-corrected chi connectivity index (χ3v) is 15.4. The third kappa shape index (κ3) is 7.26. The van der Waals surface area contributed by atoms with E-state index in [-0.39, 0.29) is 23.5 Å². The molecule has 4 nitrogen and oxygen atoms in total. The topological polar surface area (TPSA) is 61.2 Å². The zero-order valence-electron chi connectivity index (χ0n) is 32.7. The van der Waals surface area contributed by atoms with Crippen LogP contribution in [0.15, 0.2) is 107 Å². The van der Waals surface area contributed by atoms with Crippen molar-refractivity contribution in [2.45, 2.75) is 52.9 Å². The van der Waals surface area contributed by atoms with Gasteiger partial charge in [0.15, 0.2) is 5.78 Å². The summed E-state index contributed by atoms with van der Waals surface area (Å²) < 4.78 is 0. The van der Waals surface area contributed by atoms with Crippen molar-refractivity contribution >= 4 is 97.2 Å². The zero-order valence-corrected chi connectivity index (χ0v) is 36.0. The maximum atomic E-state index is 14.8. The van der Waals surface area contributed by atoms with Gasteiger partial charge in [0.2, 0.25) is 0 Å². The Hall–Kier alpha value is -5.17. The number of benzene rings is 2. The van der Waals surface area contributed by atoms with Crippen LogP contribution in [0.5, 0.6) is 0 Å². The van der Waals surface area contributed by atoms with Gasteiger partial charge in [0.1, 0.15) is 6.07 Å². The Morgan fingerprint density at radius 2 is 1.48 bits per heavy atom. The molecular formula is C50H42N2O2S4. The van der Waals surface area contributed by atoms with Crippen molar-refractivity contribution in [3.63, 3.8) is 0 Å². The van der Waals surface area contributed by atoms with E-state index in [1.807, 2.05) is 40.6 Å². The van der Waals surface area contributed by atoms with Gasteiger partial charge in [-0.15, -0.1) is 45.3 Å². The quantitative estimate of drug-likeness (QED) is 0.0742. The van der Waals surface area contributed by atoms with Gasteiger partial charge in [0, 0.05) is 52.9 Å². The summed E-state index contributed by atoms with van der Waals surface area (Å²) in [5.41, 5.74) is 10.3. The second-order valence-electron chi connectivity index (χ2n) is 15.2. The van der Waals surface area contributed by atoms with Gasteiger partial charge in [-0.25, -0.2) is 0 Å². The number of nitrogens with zero attached hydrogens (tertiary/aromatic N) is 2. The molecule has 1 aliphatic heterocycles. The molecule has 3 aliphatic rings. The molecule has 2 atom stereocenters. The maximum absolute atomic E-state index is 14.8. The highest BCUT2D eigenvalue weighted by molar-refractivity contribution is 7.17. The van der Waals surface area contributed by atoms with Gasteiger partial charge < -0.3 is 4.90 Å². The van der Waals surface area contributed by atoms with Crippen molar-refractivity contribution < 1.29 is 9.59 Å². The number of amides is 1. The molecule has 4 aromatic heterocycles. The zero-order chi connectivity index (χ0) is 39.9. The first-order valence-electron chi connectivity index (χ1n) is 20.0. The molecule has 0 radical (unpaired) electrons. The smallest absolute Gasteiger partial charge is 0.259 e. The van der Waals surface area contributed by atoms with E-state index in [1.54, 1.807) is 45.3 Å². The number of allylic oxidation sites excluding steroid dienone is 5. The van der Waals surface area contributed by atoms with Gasteiger partial charge >= 0.3 is 0 Å². The van der Waals surface area contributed by atoms with Crippen molar-refractivity contribution in [3.05, 3.63) is 144 Å². The first-order chi connectivity index (χ1) is 28.3. The molecule has 0 saturated carbocycles. The SMILES string of the molecule is CCCC1Cc2cc(-c3ccc(C=C(C4=CC4)c4cccs4)s3)ccc2C(=C2C(=O)N(CCC)c3cc(-c4ccc(C=C(C#N)c5cccs5)s4)ccc32)C(=O)C1C. The van der Waals surface area contributed by atoms with E-state index < -0.39 is 0 Å². The Bertz CT molecular complexity index is 2730. The van der Waals surface area contributed by atoms with Crippen LogP contribution in [-0.2, 0) is 16.0 Å². The van der Waals surface area contributed by atoms with Crippen LogP contribution in [0.4, 0.5) is 5.69 Å². The average Bonchev–Trinajstić information content (AvgIpc) is 3.81. The lowest BCUT2D eigenvalue weighted by Gasteiger charge is -2.20. The van der Waals surface area contributed by atoms with Gasteiger partial charge in [0.05, 0.1) is 16.8 Å². The summed E-state index contributed by atoms with van der Waals surface area (Å²) in [4.78, 5) is 38.2. The minimum Gasteiger partial charge on any atom is -0.308 e. The fourth-order valence-electron chi connectivity index (χ4n) is 8.41. The number of hydrogen-bond donors (Lipinski definition) is 0. The van der Waals surface area contributed by atoms with E-state index in [2.05, 4.69) is 105 Å². The van der Waals surface area contributed by atoms with Crippen LogP contribution in [0.1, 0.15) is 82.7 Å². The molecule has 1 amide bonds. The first-order valence-corrected chi connectivity index (χ1v) is 23.4. The Morgan fingerprint density at radius 3 is 2.12 bits per heavy atom. The first kappa shape index (κ1) is 38.4. The highest BCUT2D eigenvalue weighted by atomic mass is 32.1. The average molecular weight is 831 g/mol. The van der Waals surface area contributed by atoms with Gasteiger partial charge in [0.25, 0.3) is 5.91 Å². The molecule has 0 bridgehead atoms. The number of Topliss-reactive ketones (excluding diaryl/α,β-unsaturated/α-hetero) is 1. The maximum Gasteiger partial charge on any atom is 0.259 e. The lowest BCUT2D eigenvalue weighted by molar-refractivity contribution is -0.118. The Balaban J connectivity index is 1.12. The number of carbonyl (C=O) groups excluding carboxylic acids is 2. The summed E-state index contributed by atoms with van der Waals surface area (Å²) in [6.45, 7) is 6.91. The monoisotopic (exact) mass is 830 g/mol. The summed E-state index contributed by atoms with van der Waals surface area (Å²) in [5.74, 6) is -0.0699.